The van der Waals surface area contributed by atoms with Crippen LogP contribution in [0, 0.1) is 0 Å². The van der Waals surface area contributed by atoms with Gasteiger partial charge in [0, 0.05) is 0 Å². The van der Waals surface area contributed by atoms with Crippen LogP contribution in [0.2, 0.25) is 0 Å². The summed E-state index contributed by atoms with van der Waals surface area (Å²) >= 11 is 0. The molecule has 1 aromatic rings. The van der Waals surface area contributed by atoms with Crippen molar-refractivity contribution in [2.45, 2.75) is 26.9 Å². The highest BCUT2D eigenvalue weighted by Crippen LogP contribution is 2.41. The number of fused-ring (bicyclic) bond motifs is 1. The molecule has 0 aromatic heterocycles. The molecule has 0 atom stereocenters. The van der Waals surface area contributed by atoms with E-state index in [1.165, 1.54) is 4.90 Å². The number of esters is 1. The zero-order chi connectivity index (χ0) is 16.8. The van der Waals surface area contributed by atoms with Crippen molar-refractivity contribution in [3.8, 4) is 11.5 Å². The van der Waals surface area contributed by atoms with Gasteiger partial charge in [-0.05, 0) is 31.0 Å². The first kappa shape index (κ1) is 17.1. The first-order valence-electron chi connectivity index (χ1n) is 7.60. The number of nitrogens with zero attached hydrogens (tertiary/aromatic N) is 1. The third-order valence-electron chi connectivity index (χ3n) is 3.26. The van der Waals surface area contributed by atoms with Crippen molar-refractivity contribution in [3.05, 3.63) is 17.7 Å². The van der Waals surface area contributed by atoms with E-state index < -0.39 is 5.97 Å². The molecule has 0 aliphatic carbocycles. The summed E-state index contributed by atoms with van der Waals surface area (Å²) in [6.07, 6.45) is 0.711. The summed E-state index contributed by atoms with van der Waals surface area (Å²) in [6, 6.07) is 3.27. The Balaban J connectivity index is 2.33. The van der Waals surface area contributed by atoms with Gasteiger partial charge in [-0.15, -0.1) is 0 Å². The van der Waals surface area contributed by atoms with Crippen LogP contribution in [0.3, 0.4) is 0 Å². The van der Waals surface area contributed by atoms with Gasteiger partial charge in [0.15, 0.2) is 18.1 Å². The predicted molar refractivity (Wildman–Crippen MR) is 82.6 cm³/mol. The first-order chi connectivity index (χ1) is 11.1. The molecule has 7 heteroatoms. The normalized spacial score (nSPS) is 13.3. The molecule has 1 N–H and O–H groups in total. The molecule has 1 heterocycles. The third-order valence-corrected chi connectivity index (χ3v) is 3.26. The van der Waals surface area contributed by atoms with Crippen LogP contribution in [0.4, 0.5) is 5.69 Å². The van der Waals surface area contributed by atoms with E-state index in [1.807, 2.05) is 13.8 Å². The lowest BCUT2D eigenvalue weighted by Gasteiger charge is -2.30. The Morgan fingerprint density at radius 2 is 2.17 bits per heavy atom. The van der Waals surface area contributed by atoms with Crippen molar-refractivity contribution in [1.29, 1.82) is 0 Å². The van der Waals surface area contributed by atoms with Gasteiger partial charge in [-0.3, -0.25) is 14.5 Å². The number of anilines is 1. The summed E-state index contributed by atoms with van der Waals surface area (Å²) in [4.78, 5) is 25.3. The first-order valence-corrected chi connectivity index (χ1v) is 7.60. The van der Waals surface area contributed by atoms with Crippen molar-refractivity contribution in [2.75, 3.05) is 31.3 Å². The highest BCUT2D eigenvalue weighted by Gasteiger charge is 2.30. The van der Waals surface area contributed by atoms with Crippen molar-refractivity contribution < 1.29 is 28.9 Å². The minimum Gasteiger partial charge on any atom is -0.490 e. The number of carbonyl (C=O) groups is 2. The lowest BCUT2D eigenvalue weighted by Crippen LogP contribution is -2.42. The van der Waals surface area contributed by atoms with Crippen LogP contribution in [0.1, 0.15) is 25.8 Å². The second kappa shape index (κ2) is 7.82. The molecule has 1 aromatic carbocycles. The quantitative estimate of drug-likeness (QED) is 0.760. The average molecular weight is 323 g/mol. The van der Waals surface area contributed by atoms with E-state index in [2.05, 4.69) is 0 Å². The molecular weight excluding hydrogens is 302 g/mol. The zero-order valence-electron chi connectivity index (χ0n) is 13.3. The number of benzene rings is 1. The molecule has 1 amide bonds. The lowest BCUT2D eigenvalue weighted by molar-refractivity contribution is -0.143. The zero-order valence-corrected chi connectivity index (χ0v) is 13.3. The Hall–Kier alpha value is -2.28. The minimum atomic E-state index is -0.486. The van der Waals surface area contributed by atoms with Crippen LogP contribution in [-0.4, -0.2) is 43.3 Å². The minimum absolute atomic E-state index is 0.174. The van der Waals surface area contributed by atoms with Crippen molar-refractivity contribution in [2.24, 2.45) is 0 Å². The number of aliphatic hydroxyl groups is 1. The molecule has 0 spiro atoms. The van der Waals surface area contributed by atoms with Crippen LogP contribution in [0.25, 0.3) is 0 Å². The van der Waals surface area contributed by atoms with Crippen molar-refractivity contribution in [1.82, 2.24) is 0 Å². The van der Waals surface area contributed by atoms with Gasteiger partial charge in [-0.1, -0.05) is 6.92 Å². The van der Waals surface area contributed by atoms with Crippen molar-refractivity contribution >= 4 is 17.6 Å². The maximum absolute atomic E-state index is 12.1. The van der Waals surface area contributed by atoms with Crippen LogP contribution >= 0.6 is 0 Å². The van der Waals surface area contributed by atoms with Gasteiger partial charge < -0.3 is 19.3 Å². The fourth-order valence-corrected chi connectivity index (χ4v) is 2.25. The summed E-state index contributed by atoms with van der Waals surface area (Å²) in [6.45, 7) is 3.86. The Morgan fingerprint density at radius 3 is 2.83 bits per heavy atom. The molecule has 0 saturated heterocycles. The molecule has 0 radical (unpaired) electrons. The maximum atomic E-state index is 12.1. The molecule has 1 aliphatic rings. The number of carbonyl (C=O) groups excluding carboxylic acids is 2. The van der Waals surface area contributed by atoms with E-state index in [1.54, 1.807) is 12.1 Å². The van der Waals surface area contributed by atoms with E-state index in [-0.39, 0.29) is 25.7 Å². The molecule has 0 bridgehead atoms. The molecule has 1 aliphatic heterocycles. The summed E-state index contributed by atoms with van der Waals surface area (Å²) in [5, 5.41) is 9.39. The van der Waals surface area contributed by atoms with E-state index in [0.717, 1.165) is 0 Å². The fraction of sp³-hybridized carbons (Fsp3) is 0.500. The average Bonchev–Trinajstić information content (AvgIpc) is 2.55. The third kappa shape index (κ3) is 3.92. The molecule has 0 saturated carbocycles. The number of hydrogen-bond acceptors (Lipinski definition) is 6. The SMILES string of the molecule is CCCOC(=O)CN1C(=O)COc2c(OCC)cc(CO)cc21. The summed E-state index contributed by atoms with van der Waals surface area (Å²) in [7, 11) is 0. The summed E-state index contributed by atoms with van der Waals surface area (Å²) in [5.74, 6) is 0.00400. The smallest absolute Gasteiger partial charge is 0.326 e. The van der Waals surface area contributed by atoms with Crippen molar-refractivity contribution in [3.63, 3.8) is 0 Å². The van der Waals surface area contributed by atoms with E-state index in [4.69, 9.17) is 14.2 Å². The second-order valence-electron chi connectivity index (χ2n) is 5.02. The molecule has 23 heavy (non-hydrogen) atoms. The number of rotatable bonds is 7. The van der Waals surface area contributed by atoms with Crippen LogP contribution in [0.15, 0.2) is 12.1 Å². The second-order valence-corrected chi connectivity index (χ2v) is 5.02. The van der Waals surface area contributed by atoms with E-state index in [9.17, 15) is 14.7 Å². The van der Waals surface area contributed by atoms with E-state index >= 15 is 0 Å². The standard InChI is InChI=1S/C16H21NO6/c1-3-5-22-15(20)8-17-12-6-11(9-18)7-13(21-4-2)16(12)23-10-14(17)19/h6-7,18H,3-5,8-10H2,1-2H3. The van der Waals surface area contributed by atoms with Gasteiger partial charge in [0.25, 0.3) is 5.91 Å². The van der Waals surface area contributed by atoms with Gasteiger partial charge in [-0.2, -0.15) is 0 Å². The highest BCUT2D eigenvalue weighted by atomic mass is 16.5. The highest BCUT2D eigenvalue weighted by molar-refractivity contribution is 6.02. The van der Waals surface area contributed by atoms with Crippen LogP contribution in [-0.2, 0) is 20.9 Å². The Morgan fingerprint density at radius 1 is 1.39 bits per heavy atom. The lowest BCUT2D eigenvalue weighted by atomic mass is 10.1. The van der Waals surface area contributed by atoms with Gasteiger partial charge in [0.05, 0.1) is 25.5 Å². The number of hydrogen-bond donors (Lipinski definition) is 1. The summed E-state index contributed by atoms with van der Waals surface area (Å²) < 4.78 is 16.0. The predicted octanol–water partition coefficient (Wildman–Crippen LogP) is 1.26. The molecule has 7 nitrogen and oxygen atoms in total. The van der Waals surface area contributed by atoms with Gasteiger partial charge in [0.2, 0.25) is 0 Å². The Kier molecular flexibility index (Phi) is 5.81. The largest absolute Gasteiger partial charge is 0.490 e. The summed E-state index contributed by atoms with van der Waals surface area (Å²) in [5.41, 5.74) is 0.974. The van der Waals surface area contributed by atoms with Gasteiger partial charge in [0.1, 0.15) is 6.54 Å². The van der Waals surface area contributed by atoms with Crippen LogP contribution in [0.5, 0.6) is 11.5 Å². The molecule has 0 fully saturated rings. The molecule has 0 unspecified atom stereocenters. The molecule has 126 valence electrons. The topological polar surface area (TPSA) is 85.3 Å². The van der Waals surface area contributed by atoms with Crippen LogP contribution < -0.4 is 14.4 Å². The van der Waals surface area contributed by atoms with Gasteiger partial charge in [-0.25, -0.2) is 0 Å². The van der Waals surface area contributed by atoms with Gasteiger partial charge >= 0.3 is 5.97 Å². The molecular formula is C16H21NO6. The maximum Gasteiger partial charge on any atom is 0.326 e. The number of ether oxygens (including phenoxy) is 3. The number of aliphatic hydroxyl groups excluding tert-OH is 1. The van der Waals surface area contributed by atoms with E-state index in [0.29, 0.717) is 42.4 Å². The monoisotopic (exact) mass is 323 g/mol. The Labute approximate surface area is 134 Å². The number of amides is 1. The Bertz CT molecular complexity index is 586. The fourth-order valence-electron chi connectivity index (χ4n) is 2.25. The molecule has 2 rings (SSSR count).